The molecule has 2 nitrogen and oxygen atoms in total. The predicted molar refractivity (Wildman–Crippen MR) is 38.5 cm³/mol. The van der Waals surface area contributed by atoms with Crippen molar-refractivity contribution in [3.63, 3.8) is 0 Å². The van der Waals surface area contributed by atoms with Gasteiger partial charge in [0.05, 0.1) is 6.61 Å². The Bertz CT molecular complexity index is 120. The van der Waals surface area contributed by atoms with Gasteiger partial charge in [-0.15, -0.1) is 6.58 Å². The van der Waals surface area contributed by atoms with Crippen LogP contribution in [0, 0.1) is 0 Å². The molecule has 0 aliphatic heterocycles. The lowest BCUT2D eigenvalue weighted by atomic mass is 10.7. The van der Waals surface area contributed by atoms with Crippen molar-refractivity contribution in [2.75, 3.05) is 6.61 Å². The average Bonchev–Trinajstić information content (AvgIpc) is 1.59. The summed E-state index contributed by atoms with van der Waals surface area (Å²) in [5, 5.41) is 0. The average molecular weight is 173 g/mol. The quantitative estimate of drug-likeness (QED) is 0.519. The molecule has 0 bridgehead atoms. The van der Waals surface area contributed by atoms with E-state index in [1.807, 2.05) is 0 Å². The molecule has 1 N–H and O–H groups in total. The van der Waals surface area contributed by atoms with Gasteiger partial charge in [-0.3, -0.25) is 0 Å². The fourth-order valence-corrected chi connectivity index (χ4v) is 0.786. The first-order valence-corrected chi connectivity index (χ1v) is 5.42. The van der Waals surface area contributed by atoms with E-state index in [0.29, 0.717) is 0 Å². The molecule has 0 aromatic carbocycles. The molecule has 48 valence electrons. The van der Waals surface area contributed by atoms with E-state index in [1.54, 1.807) is 0 Å². The fourth-order valence-electron chi connectivity index (χ4n) is 0.145. The van der Waals surface area contributed by atoms with Crippen LogP contribution < -0.4 is 0 Å². The number of rotatable bonds is 3. The lowest BCUT2D eigenvalue weighted by Gasteiger charge is -2.02. The minimum atomic E-state index is -2.95. The third-order valence-corrected chi connectivity index (χ3v) is 1.43. The van der Waals surface area contributed by atoms with E-state index in [0.717, 1.165) is 0 Å². The Balaban J connectivity index is 3.40. The maximum atomic E-state index is 8.57. The molecule has 1 atom stereocenters. The summed E-state index contributed by atoms with van der Waals surface area (Å²) in [5.74, 6) is -2.95. The van der Waals surface area contributed by atoms with Gasteiger partial charge in [0.2, 0.25) is 0 Å². The van der Waals surface area contributed by atoms with Crippen LogP contribution in [-0.2, 0) is 16.3 Å². The molecule has 0 rings (SSSR count). The second kappa shape index (κ2) is 3.59. The van der Waals surface area contributed by atoms with Crippen LogP contribution in [0.5, 0.6) is 0 Å². The zero-order chi connectivity index (χ0) is 6.62. The summed E-state index contributed by atoms with van der Waals surface area (Å²) in [6.45, 7) is 3.55. The zero-order valence-corrected chi connectivity index (χ0v) is 6.55. The van der Waals surface area contributed by atoms with E-state index < -0.39 is 5.84 Å². The second-order valence-electron chi connectivity index (χ2n) is 1.04. The van der Waals surface area contributed by atoms with Crippen molar-refractivity contribution in [2.45, 2.75) is 0 Å². The summed E-state index contributed by atoms with van der Waals surface area (Å²) < 4.78 is 4.51. The molecule has 0 aromatic rings. The third kappa shape index (κ3) is 6.60. The highest BCUT2D eigenvalue weighted by atomic mass is 35.7. The number of hydrogen-bond acceptors (Lipinski definition) is 2. The van der Waals surface area contributed by atoms with Crippen LogP contribution in [0.1, 0.15) is 0 Å². The molecular weight excluding hydrogens is 167 g/mol. The molecule has 0 radical (unpaired) electrons. The van der Waals surface area contributed by atoms with Gasteiger partial charge in [-0.1, -0.05) is 6.08 Å². The first-order chi connectivity index (χ1) is 3.56. The molecule has 0 aliphatic rings. The molecule has 0 heterocycles. The molecule has 0 saturated heterocycles. The van der Waals surface area contributed by atoms with Crippen LogP contribution in [0.2, 0.25) is 0 Å². The van der Waals surface area contributed by atoms with Crippen molar-refractivity contribution in [1.82, 2.24) is 0 Å². The van der Waals surface area contributed by atoms with Crippen LogP contribution in [0.15, 0.2) is 12.7 Å². The van der Waals surface area contributed by atoms with Crippen molar-refractivity contribution >= 4 is 28.9 Å². The van der Waals surface area contributed by atoms with Crippen LogP contribution in [0.3, 0.4) is 0 Å². The lowest BCUT2D eigenvalue weighted by molar-refractivity contribution is 0.360. The smallest absolute Gasteiger partial charge is 0.279 e. The minimum absolute atomic E-state index is 0.206. The SMILES string of the molecule is C=CCOP(O)(=S)Cl. The Morgan fingerprint density at radius 2 is 2.50 bits per heavy atom. The first kappa shape index (κ1) is 8.60. The summed E-state index contributed by atoms with van der Waals surface area (Å²) in [7, 11) is 0. The van der Waals surface area contributed by atoms with Crippen LogP contribution in [-0.4, -0.2) is 11.5 Å². The zero-order valence-electron chi connectivity index (χ0n) is 4.08. The summed E-state index contributed by atoms with van der Waals surface area (Å²) in [4.78, 5) is 8.57. The van der Waals surface area contributed by atoms with Gasteiger partial charge in [0, 0.05) is 0 Å². The van der Waals surface area contributed by atoms with Crippen LogP contribution in [0.25, 0.3) is 0 Å². The van der Waals surface area contributed by atoms with Gasteiger partial charge >= 0.3 is 0 Å². The van der Waals surface area contributed by atoms with E-state index in [1.165, 1.54) is 6.08 Å². The van der Waals surface area contributed by atoms with Gasteiger partial charge < -0.3 is 9.42 Å². The topological polar surface area (TPSA) is 29.5 Å². The highest BCUT2D eigenvalue weighted by molar-refractivity contribution is 8.21. The van der Waals surface area contributed by atoms with Gasteiger partial charge in [-0.05, 0) is 23.0 Å². The summed E-state index contributed by atoms with van der Waals surface area (Å²) in [5.41, 5.74) is 0. The van der Waals surface area contributed by atoms with Gasteiger partial charge in [-0.2, -0.15) is 0 Å². The molecule has 8 heavy (non-hydrogen) atoms. The van der Waals surface area contributed by atoms with E-state index in [9.17, 15) is 0 Å². The van der Waals surface area contributed by atoms with Crippen LogP contribution in [0.4, 0.5) is 0 Å². The Labute approximate surface area is 58.1 Å². The number of halogens is 1. The van der Waals surface area contributed by atoms with Gasteiger partial charge in [-0.25, -0.2) is 0 Å². The van der Waals surface area contributed by atoms with Gasteiger partial charge in [0.1, 0.15) is 0 Å². The van der Waals surface area contributed by atoms with Gasteiger partial charge in [0.15, 0.2) is 0 Å². The van der Waals surface area contributed by atoms with Crippen LogP contribution >= 0.6 is 17.1 Å². The molecule has 0 spiro atoms. The minimum Gasteiger partial charge on any atom is -0.334 e. The Morgan fingerprint density at radius 3 is 2.62 bits per heavy atom. The van der Waals surface area contributed by atoms with E-state index in [-0.39, 0.29) is 6.61 Å². The molecule has 0 saturated carbocycles. The first-order valence-electron chi connectivity index (χ1n) is 1.84. The van der Waals surface area contributed by atoms with Crippen molar-refractivity contribution < 1.29 is 9.42 Å². The Morgan fingerprint density at radius 1 is 2.00 bits per heavy atom. The highest BCUT2D eigenvalue weighted by Crippen LogP contribution is 2.47. The van der Waals surface area contributed by atoms with Crippen molar-refractivity contribution in [1.29, 1.82) is 0 Å². The molecule has 0 aliphatic carbocycles. The normalized spacial score (nSPS) is 17.2. The predicted octanol–water partition coefficient (Wildman–Crippen LogP) is 1.64. The molecule has 0 fully saturated rings. The third-order valence-electron chi connectivity index (χ3n) is 0.352. The summed E-state index contributed by atoms with van der Waals surface area (Å²) in [6, 6.07) is 0. The molecule has 0 amide bonds. The number of hydrogen-bond donors (Lipinski definition) is 1. The lowest BCUT2D eigenvalue weighted by Crippen LogP contribution is -1.80. The summed E-state index contributed by atoms with van der Waals surface area (Å²) in [6.07, 6.45) is 1.47. The molecule has 5 heteroatoms. The van der Waals surface area contributed by atoms with Gasteiger partial charge in [0.25, 0.3) is 5.84 Å². The monoisotopic (exact) mass is 172 g/mol. The largest absolute Gasteiger partial charge is 0.334 e. The highest BCUT2D eigenvalue weighted by Gasteiger charge is 2.04. The maximum absolute atomic E-state index is 8.57. The van der Waals surface area contributed by atoms with Crippen molar-refractivity contribution in [3.05, 3.63) is 12.7 Å². The maximum Gasteiger partial charge on any atom is 0.279 e. The van der Waals surface area contributed by atoms with E-state index >= 15 is 0 Å². The van der Waals surface area contributed by atoms with E-state index in [4.69, 9.17) is 16.1 Å². The molecule has 0 aromatic heterocycles. The Kier molecular flexibility index (Phi) is 3.86. The summed E-state index contributed by atoms with van der Waals surface area (Å²) >= 11 is 9.44. The Hall–Kier alpha value is 0.600. The fraction of sp³-hybridized carbons (Fsp3) is 0.333. The molecular formula is C3H6ClO2PS. The van der Waals surface area contributed by atoms with Crippen molar-refractivity contribution in [2.24, 2.45) is 0 Å². The van der Waals surface area contributed by atoms with Crippen molar-refractivity contribution in [3.8, 4) is 0 Å². The second-order valence-corrected chi connectivity index (χ2v) is 5.66. The standard InChI is InChI=1S/C3H6ClO2PS/c1-2-3-6-7(4,5)8/h2H,1,3H2,(H,5,8). The van der Waals surface area contributed by atoms with E-state index in [2.05, 4.69) is 22.9 Å². The molecule has 1 unspecified atom stereocenters.